The fourth-order valence-electron chi connectivity index (χ4n) is 3.78. The summed E-state index contributed by atoms with van der Waals surface area (Å²) in [6.07, 6.45) is 1.10. The van der Waals surface area contributed by atoms with Crippen molar-refractivity contribution in [1.82, 2.24) is 0 Å². The van der Waals surface area contributed by atoms with Crippen molar-refractivity contribution in [3.63, 3.8) is 0 Å². The van der Waals surface area contributed by atoms with Gasteiger partial charge in [0.25, 0.3) is 5.69 Å². The summed E-state index contributed by atoms with van der Waals surface area (Å²) in [6.45, 7) is 0. The van der Waals surface area contributed by atoms with E-state index in [-0.39, 0.29) is 39.6 Å². The van der Waals surface area contributed by atoms with Crippen LogP contribution in [0.4, 0.5) is 17.1 Å². The van der Waals surface area contributed by atoms with Gasteiger partial charge in [0, 0.05) is 35.8 Å². The van der Waals surface area contributed by atoms with Gasteiger partial charge < -0.3 is 10.6 Å². The van der Waals surface area contributed by atoms with Crippen molar-refractivity contribution >= 4 is 38.7 Å². The smallest absolute Gasteiger partial charge is 0.269 e. The van der Waals surface area contributed by atoms with Crippen LogP contribution >= 0.6 is 0 Å². The molecule has 1 aliphatic heterocycles. The van der Waals surface area contributed by atoms with Gasteiger partial charge >= 0.3 is 0 Å². The van der Waals surface area contributed by atoms with E-state index in [9.17, 15) is 28.1 Å². The van der Waals surface area contributed by atoms with E-state index in [4.69, 9.17) is 0 Å². The molecular weight excluding hydrogens is 458 g/mol. The standard InChI is InChI=1S/C24H21N3O6S/c28-23(14-5-17-15-16-3-1-2-4-22(16)26-24(17)29)25-18-6-10-20(11-7-18)34(32,33)21-12-8-19(9-13-21)27(30)31/h1-4,6-13,17H,5,14-15H2,(H,25,28)(H,26,29). The minimum Gasteiger partial charge on any atom is -0.326 e. The van der Waals surface area contributed by atoms with Crippen LogP contribution in [0.1, 0.15) is 18.4 Å². The van der Waals surface area contributed by atoms with Gasteiger partial charge in [-0.15, -0.1) is 0 Å². The van der Waals surface area contributed by atoms with Gasteiger partial charge in [-0.1, -0.05) is 18.2 Å². The fraction of sp³-hybridized carbons (Fsp3) is 0.167. The van der Waals surface area contributed by atoms with Crippen molar-refractivity contribution in [3.8, 4) is 0 Å². The lowest BCUT2D eigenvalue weighted by Gasteiger charge is -2.24. The van der Waals surface area contributed by atoms with Crippen molar-refractivity contribution in [1.29, 1.82) is 0 Å². The second-order valence-electron chi connectivity index (χ2n) is 7.91. The van der Waals surface area contributed by atoms with Crippen LogP contribution in [0, 0.1) is 16.0 Å². The Labute approximate surface area is 195 Å². The largest absolute Gasteiger partial charge is 0.326 e. The minimum atomic E-state index is -3.86. The van der Waals surface area contributed by atoms with E-state index < -0.39 is 14.8 Å². The third-order valence-electron chi connectivity index (χ3n) is 5.64. The van der Waals surface area contributed by atoms with E-state index >= 15 is 0 Å². The average molecular weight is 480 g/mol. The number of benzene rings is 3. The number of carbonyl (C=O) groups is 2. The predicted molar refractivity (Wildman–Crippen MR) is 125 cm³/mol. The third kappa shape index (κ3) is 4.96. The van der Waals surface area contributed by atoms with Gasteiger partial charge in [0.1, 0.15) is 0 Å². The lowest BCUT2D eigenvalue weighted by Crippen LogP contribution is -2.30. The van der Waals surface area contributed by atoms with E-state index in [2.05, 4.69) is 10.6 Å². The normalized spacial score (nSPS) is 15.2. The number of fused-ring (bicyclic) bond motifs is 1. The molecule has 0 aromatic heterocycles. The van der Waals surface area contributed by atoms with Gasteiger partial charge in [-0.05, 0) is 60.9 Å². The second-order valence-corrected chi connectivity index (χ2v) is 9.86. The number of nitrogens with zero attached hydrogens (tertiary/aromatic N) is 1. The van der Waals surface area contributed by atoms with Crippen LogP contribution in [0.25, 0.3) is 0 Å². The van der Waals surface area contributed by atoms with E-state index in [1.165, 1.54) is 36.4 Å². The lowest BCUT2D eigenvalue weighted by molar-refractivity contribution is -0.384. The van der Waals surface area contributed by atoms with Crippen molar-refractivity contribution < 1.29 is 22.9 Å². The molecule has 2 amide bonds. The van der Waals surface area contributed by atoms with E-state index in [1.54, 1.807) is 0 Å². The number of non-ortho nitro benzene ring substituents is 1. The Morgan fingerprint density at radius 3 is 2.26 bits per heavy atom. The molecule has 0 spiro atoms. The number of para-hydroxylation sites is 1. The lowest BCUT2D eigenvalue weighted by atomic mass is 9.89. The first-order valence-corrected chi connectivity index (χ1v) is 12.0. The number of hydrogen-bond acceptors (Lipinski definition) is 6. The summed E-state index contributed by atoms with van der Waals surface area (Å²) in [6, 6.07) is 17.9. The summed E-state index contributed by atoms with van der Waals surface area (Å²) in [5.74, 6) is -0.681. The van der Waals surface area contributed by atoms with Gasteiger partial charge in [-0.3, -0.25) is 19.7 Å². The molecule has 34 heavy (non-hydrogen) atoms. The first-order chi connectivity index (χ1) is 16.2. The monoisotopic (exact) mass is 479 g/mol. The molecule has 4 rings (SSSR count). The number of anilines is 2. The number of nitro benzene ring substituents is 1. The SMILES string of the molecule is O=C(CCC1Cc2ccccc2NC1=O)Nc1ccc(S(=O)(=O)c2ccc([N+](=O)[O-])cc2)cc1. The van der Waals surface area contributed by atoms with Crippen LogP contribution in [0.15, 0.2) is 82.6 Å². The molecule has 10 heteroatoms. The van der Waals surface area contributed by atoms with Crippen LogP contribution in [0.5, 0.6) is 0 Å². The van der Waals surface area contributed by atoms with Gasteiger partial charge in [-0.25, -0.2) is 8.42 Å². The summed E-state index contributed by atoms with van der Waals surface area (Å²) in [5, 5.41) is 16.3. The molecule has 0 radical (unpaired) electrons. The molecule has 2 N–H and O–H groups in total. The molecule has 0 saturated carbocycles. The maximum atomic E-state index is 12.7. The minimum absolute atomic E-state index is 0.00288. The maximum Gasteiger partial charge on any atom is 0.269 e. The molecule has 174 valence electrons. The number of rotatable bonds is 7. The van der Waals surface area contributed by atoms with Gasteiger partial charge in [-0.2, -0.15) is 0 Å². The highest BCUT2D eigenvalue weighted by Gasteiger charge is 2.26. The Balaban J connectivity index is 1.35. The fourth-order valence-corrected chi connectivity index (χ4v) is 5.04. The first kappa shape index (κ1) is 23.1. The molecule has 0 bridgehead atoms. The molecule has 1 aliphatic rings. The Hall–Kier alpha value is -4.05. The van der Waals surface area contributed by atoms with E-state index in [0.29, 0.717) is 18.5 Å². The van der Waals surface area contributed by atoms with Crippen LogP contribution < -0.4 is 10.6 Å². The van der Waals surface area contributed by atoms with Crippen molar-refractivity contribution in [2.24, 2.45) is 5.92 Å². The molecule has 1 unspecified atom stereocenters. The Kier molecular flexibility index (Phi) is 6.42. The van der Waals surface area contributed by atoms with Gasteiger partial charge in [0.2, 0.25) is 21.7 Å². The van der Waals surface area contributed by atoms with Gasteiger partial charge in [0.05, 0.1) is 14.7 Å². The molecule has 0 fully saturated rings. The molecule has 1 atom stereocenters. The summed E-state index contributed by atoms with van der Waals surface area (Å²) in [4.78, 5) is 34.8. The molecule has 3 aromatic rings. The molecule has 3 aromatic carbocycles. The highest BCUT2D eigenvalue weighted by atomic mass is 32.2. The van der Waals surface area contributed by atoms with Crippen LogP contribution in [-0.2, 0) is 25.8 Å². The number of amides is 2. The zero-order chi connectivity index (χ0) is 24.3. The summed E-state index contributed by atoms with van der Waals surface area (Å²) >= 11 is 0. The predicted octanol–water partition coefficient (Wildman–Crippen LogP) is 3.96. The quantitative estimate of drug-likeness (QED) is 0.389. The number of hydrogen-bond donors (Lipinski definition) is 2. The molecule has 9 nitrogen and oxygen atoms in total. The molecule has 0 aliphatic carbocycles. The second kappa shape index (κ2) is 9.44. The Morgan fingerprint density at radius 2 is 1.62 bits per heavy atom. The van der Waals surface area contributed by atoms with Crippen LogP contribution in [0.3, 0.4) is 0 Å². The Bertz CT molecular complexity index is 1350. The highest BCUT2D eigenvalue weighted by Crippen LogP contribution is 2.28. The zero-order valence-electron chi connectivity index (χ0n) is 17.9. The van der Waals surface area contributed by atoms with Crippen LogP contribution in [0.2, 0.25) is 0 Å². The Morgan fingerprint density at radius 1 is 1.00 bits per heavy atom. The molecular formula is C24H21N3O6S. The summed E-state index contributed by atoms with van der Waals surface area (Å²) < 4.78 is 25.5. The van der Waals surface area contributed by atoms with E-state index in [0.717, 1.165) is 23.4 Å². The number of nitro groups is 1. The van der Waals surface area contributed by atoms with Crippen molar-refractivity contribution in [2.45, 2.75) is 29.1 Å². The number of sulfone groups is 1. The zero-order valence-corrected chi connectivity index (χ0v) is 18.7. The maximum absolute atomic E-state index is 12.7. The van der Waals surface area contributed by atoms with Crippen molar-refractivity contribution in [3.05, 3.63) is 88.5 Å². The van der Waals surface area contributed by atoms with E-state index in [1.807, 2.05) is 24.3 Å². The summed E-state index contributed by atoms with van der Waals surface area (Å²) in [7, 11) is -3.86. The third-order valence-corrected chi connectivity index (χ3v) is 7.42. The topological polar surface area (TPSA) is 135 Å². The van der Waals surface area contributed by atoms with Crippen LogP contribution in [-0.4, -0.2) is 25.2 Å². The number of nitrogens with one attached hydrogen (secondary N) is 2. The molecule has 0 saturated heterocycles. The van der Waals surface area contributed by atoms with Crippen molar-refractivity contribution in [2.75, 3.05) is 10.6 Å². The molecule has 1 heterocycles. The highest BCUT2D eigenvalue weighted by molar-refractivity contribution is 7.91. The average Bonchev–Trinajstić information content (AvgIpc) is 2.83. The first-order valence-electron chi connectivity index (χ1n) is 10.5. The van der Waals surface area contributed by atoms with Gasteiger partial charge in [0.15, 0.2) is 0 Å². The number of carbonyl (C=O) groups excluding carboxylic acids is 2. The summed E-state index contributed by atoms with van der Waals surface area (Å²) in [5.41, 5.74) is 2.06.